The fraction of sp³-hybridized carbons (Fsp3) is 0.217. The van der Waals surface area contributed by atoms with Crippen molar-refractivity contribution in [3.05, 3.63) is 76.7 Å². The average molecular weight is 366 g/mol. The summed E-state index contributed by atoms with van der Waals surface area (Å²) >= 11 is 1.40. The van der Waals surface area contributed by atoms with E-state index in [9.17, 15) is 8.78 Å². The van der Waals surface area contributed by atoms with Crippen LogP contribution in [0.25, 0.3) is 27.1 Å². The van der Waals surface area contributed by atoms with Crippen molar-refractivity contribution in [2.75, 3.05) is 0 Å². The predicted octanol–water partition coefficient (Wildman–Crippen LogP) is 7.48. The lowest BCUT2D eigenvalue weighted by molar-refractivity contribution is 0.591. The Hall–Kier alpha value is -2.26. The number of allylic oxidation sites excluding steroid dienone is 2. The lowest BCUT2D eigenvalue weighted by atomic mass is 9.98. The van der Waals surface area contributed by atoms with E-state index in [1.807, 2.05) is 37.3 Å². The summed E-state index contributed by atoms with van der Waals surface area (Å²) in [5, 5.41) is 0. The highest BCUT2D eigenvalue weighted by Gasteiger charge is 2.16. The molecular weight excluding hydrogens is 346 g/mol. The van der Waals surface area contributed by atoms with Crippen molar-refractivity contribution in [2.24, 2.45) is 5.92 Å². The van der Waals surface area contributed by atoms with Crippen molar-refractivity contribution in [3.63, 3.8) is 0 Å². The highest BCUT2D eigenvalue weighted by atomic mass is 32.1. The largest absolute Gasteiger partial charge is 0.206 e. The van der Waals surface area contributed by atoms with Gasteiger partial charge in [0.1, 0.15) is 11.6 Å². The summed E-state index contributed by atoms with van der Waals surface area (Å²) in [4.78, 5) is 1.66. The van der Waals surface area contributed by atoms with E-state index in [1.54, 1.807) is 6.07 Å². The molecule has 132 valence electrons. The van der Waals surface area contributed by atoms with Crippen molar-refractivity contribution < 1.29 is 8.78 Å². The van der Waals surface area contributed by atoms with Gasteiger partial charge < -0.3 is 0 Å². The van der Waals surface area contributed by atoms with Crippen LogP contribution in [0.2, 0.25) is 0 Å². The third-order valence-corrected chi connectivity index (χ3v) is 5.99. The molecule has 1 atom stereocenters. The molecule has 0 spiro atoms. The van der Waals surface area contributed by atoms with Gasteiger partial charge in [0, 0.05) is 9.75 Å². The zero-order valence-electron chi connectivity index (χ0n) is 14.9. The van der Waals surface area contributed by atoms with Crippen molar-refractivity contribution in [3.8, 4) is 21.6 Å². The van der Waals surface area contributed by atoms with Crippen LogP contribution < -0.4 is 0 Å². The third-order valence-electron chi connectivity index (χ3n) is 4.97. The summed E-state index contributed by atoms with van der Waals surface area (Å²) in [6.07, 6.45) is 4.60. The van der Waals surface area contributed by atoms with Crippen LogP contribution >= 0.6 is 11.3 Å². The van der Waals surface area contributed by atoms with E-state index in [4.69, 9.17) is 0 Å². The molecule has 0 saturated heterocycles. The summed E-state index contributed by atoms with van der Waals surface area (Å²) in [6.45, 7) is 4.16. The minimum absolute atomic E-state index is 0.0635. The number of thiophene rings is 1. The van der Waals surface area contributed by atoms with Crippen molar-refractivity contribution in [1.29, 1.82) is 0 Å². The summed E-state index contributed by atoms with van der Waals surface area (Å²) < 4.78 is 29.2. The second kappa shape index (κ2) is 6.81. The number of benzene rings is 2. The molecule has 0 bridgehead atoms. The standard InChI is InChI=1S/C23H20F2S/c1-14-3-5-18(11-14)16-6-8-17(9-7-16)19-12-20(24)23(21(25)13-19)22-10-4-15(2)26-22/h4,6-14H,3,5H2,1-2H3. The van der Waals surface area contributed by atoms with E-state index in [0.717, 1.165) is 16.9 Å². The quantitative estimate of drug-likeness (QED) is 0.451. The summed E-state index contributed by atoms with van der Waals surface area (Å²) in [6, 6.07) is 14.5. The second-order valence-electron chi connectivity index (χ2n) is 7.01. The molecule has 0 amide bonds. The van der Waals surface area contributed by atoms with Crippen LogP contribution in [0.1, 0.15) is 30.2 Å². The molecule has 3 aromatic rings. The van der Waals surface area contributed by atoms with Gasteiger partial charge in [0.15, 0.2) is 0 Å². The Morgan fingerprint density at radius 3 is 2.08 bits per heavy atom. The van der Waals surface area contributed by atoms with E-state index in [1.165, 1.54) is 41.0 Å². The van der Waals surface area contributed by atoms with Gasteiger partial charge in [-0.3, -0.25) is 0 Å². The van der Waals surface area contributed by atoms with Gasteiger partial charge in [-0.1, -0.05) is 37.3 Å². The number of aryl methyl sites for hydroxylation is 1. The van der Waals surface area contributed by atoms with Gasteiger partial charge >= 0.3 is 0 Å². The second-order valence-corrected chi connectivity index (χ2v) is 8.30. The molecular formula is C23H20F2S. The van der Waals surface area contributed by atoms with Gasteiger partial charge in [0.05, 0.1) is 5.56 Å². The number of hydrogen-bond acceptors (Lipinski definition) is 1. The fourth-order valence-electron chi connectivity index (χ4n) is 3.55. The van der Waals surface area contributed by atoms with Gasteiger partial charge in [-0.2, -0.15) is 0 Å². The van der Waals surface area contributed by atoms with Crippen molar-refractivity contribution in [2.45, 2.75) is 26.7 Å². The molecule has 2 aromatic carbocycles. The van der Waals surface area contributed by atoms with Crippen LogP contribution in [-0.2, 0) is 0 Å². The zero-order chi connectivity index (χ0) is 18.3. The molecule has 0 N–H and O–H groups in total. The SMILES string of the molecule is Cc1ccc(-c2c(F)cc(-c3ccc(C4=CC(C)CC4)cc3)cc2F)s1. The van der Waals surface area contributed by atoms with E-state index in [-0.39, 0.29) is 5.56 Å². The fourth-order valence-corrected chi connectivity index (χ4v) is 4.47. The van der Waals surface area contributed by atoms with E-state index in [0.29, 0.717) is 16.4 Å². The Morgan fingerprint density at radius 2 is 1.54 bits per heavy atom. The molecule has 1 aliphatic carbocycles. The molecule has 0 fully saturated rings. The van der Waals surface area contributed by atoms with Crippen LogP contribution in [0.3, 0.4) is 0 Å². The zero-order valence-corrected chi connectivity index (χ0v) is 15.7. The molecule has 0 radical (unpaired) electrons. The first-order valence-electron chi connectivity index (χ1n) is 8.88. The van der Waals surface area contributed by atoms with Crippen molar-refractivity contribution >= 4 is 16.9 Å². The summed E-state index contributed by atoms with van der Waals surface area (Å²) in [5.74, 6) is -0.405. The topological polar surface area (TPSA) is 0 Å². The summed E-state index contributed by atoms with van der Waals surface area (Å²) in [7, 11) is 0. The molecule has 26 heavy (non-hydrogen) atoms. The Labute approximate surface area is 156 Å². The molecule has 4 rings (SSSR count). The molecule has 1 heterocycles. The van der Waals surface area contributed by atoms with E-state index in [2.05, 4.69) is 13.0 Å². The molecule has 1 aromatic heterocycles. The predicted molar refractivity (Wildman–Crippen MR) is 106 cm³/mol. The van der Waals surface area contributed by atoms with Gasteiger partial charge in [0.2, 0.25) is 0 Å². The monoisotopic (exact) mass is 366 g/mol. The highest BCUT2D eigenvalue weighted by Crippen LogP contribution is 2.36. The average Bonchev–Trinajstić information content (AvgIpc) is 3.23. The molecule has 1 unspecified atom stereocenters. The lowest BCUT2D eigenvalue weighted by Gasteiger charge is -2.09. The Balaban J connectivity index is 1.67. The molecule has 0 aliphatic heterocycles. The van der Waals surface area contributed by atoms with Crippen LogP contribution in [0.5, 0.6) is 0 Å². The third kappa shape index (κ3) is 3.24. The molecule has 1 aliphatic rings. The first kappa shape index (κ1) is 17.2. The van der Waals surface area contributed by atoms with E-state index < -0.39 is 11.6 Å². The normalized spacial score (nSPS) is 16.8. The van der Waals surface area contributed by atoms with Gasteiger partial charge in [-0.05, 0) is 72.2 Å². The molecule has 0 nitrogen and oxygen atoms in total. The minimum Gasteiger partial charge on any atom is -0.206 e. The molecule has 3 heteroatoms. The summed E-state index contributed by atoms with van der Waals surface area (Å²) in [5.41, 5.74) is 4.02. The van der Waals surface area contributed by atoms with Crippen LogP contribution in [0.15, 0.2) is 54.6 Å². The van der Waals surface area contributed by atoms with Crippen molar-refractivity contribution in [1.82, 2.24) is 0 Å². The Kier molecular flexibility index (Phi) is 4.49. The van der Waals surface area contributed by atoms with Gasteiger partial charge in [-0.15, -0.1) is 11.3 Å². The van der Waals surface area contributed by atoms with Crippen LogP contribution in [-0.4, -0.2) is 0 Å². The first-order valence-corrected chi connectivity index (χ1v) is 9.70. The highest BCUT2D eigenvalue weighted by molar-refractivity contribution is 7.15. The van der Waals surface area contributed by atoms with Gasteiger partial charge in [-0.25, -0.2) is 8.78 Å². The maximum absolute atomic E-state index is 14.6. The lowest BCUT2D eigenvalue weighted by Crippen LogP contribution is -1.91. The maximum Gasteiger partial charge on any atom is 0.135 e. The minimum atomic E-state index is -0.516. The first-order chi connectivity index (χ1) is 12.5. The number of halogens is 2. The smallest absolute Gasteiger partial charge is 0.135 e. The maximum atomic E-state index is 14.6. The molecule has 0 saturated carbocycles. The van der Waals surface area contributed by atoms with Crippen LogP contribution in [0.4, 0.5) is 8.78 Å². The number of rotatable bonds is 3. The van der Waals surface area contributed by atoms with Gasteiger partial charge in [0.25, 0.3) is 0 Å². The Bertz CT molecular complexity index is 957. The van der Waals surface area contributed by atoms with E-state index >= 15 is 0 Å². The number of hydrogen-bond donors (Lipinski definition) is 0. The Morgan fingerprint density at radius 1 is 0.885 bits per heavy atom. The van der Waals surface area contributed by atoms with Crippen LogP contribution in [0, 0.1) is 24.5 Å².